The van der Waals surface area contributed by atoms with Crippen LogP contribution in [0.4, 0.5) is 22.0 Å². The highest BCUT2D eigenvalue weighted by molar-refractivity contribution is 5.54. The molecule has 1 unspecified atom stereocenters. The van der Waals surface area contributed by atoms with Gasteiger partial charge in [0.1, 0.15) is 11.6 Å². The Morgan fingerprint density at radius 3 is 1.58 bits per heavy atom. The summed E-state index contributed by atoms with van der Waals surface area (Å²) in [5.41, 5.74) is 0.756. The second-order valence-electron chi connectivity index (χ2n) is 9.16. The molecule has 0 fully saturated rings. The van der Waals surface area contributed by atoms with Crippen LogP contribution >= 0.6 is 0 Å². The zero-order valence-corrected chi connectivity index (χ0v) is 22.5. The van der Waals surface area contributed by atoms with E-state index in [-0.39, 0.29) is 39.2 Å². The SMILES string of the molecule is C=C(/C=C\C(=C)C(=C)/C=C(/F)C(=C)C(=C)/C=C\C(=C)C(=C)/C=C(/F)C(=C)F)OC(F)(F)C(C)CCC(C)C. The molecule has 0 saturated heterocycles. The predicted molar refractivity (Wildman–Crippen MR) is 150 cm³/mol. The molecule has 0 aromatic heterocycles. The van der Waals surface area contributed by atoms with Gasteiger partial charge < -0.3 is 4.74 Å². The Balaban J connectivity index is 5.14. The van der Waals surface area contributed by atoms with Gasteiger partial charge in [0.05, 0.1) is 5.92 Å². The summed E-state index contributed by atoms with van der Waals surface area (Å²) in [6, 6.07) is 0. The van der Waals surface area contributed by atoms with Gasteiger partial charge in [-0.2, -0.15) is 8.78 Å². The van der Waals surface area contributed by atoms with Crippen molar-refractivity contribution in [3.05, 3.63) is 146 Å². The van der Waals surface area contributed by atoms with Gasteiger partial charge in [-0.25, -0.2) is 13.2 Å². The largest absolute Gasteiger partial charge is 0.433 e. The molecule has 1 atom stereocenters. The second-order valence-corrected chi connectivity index (χ2v) is 9.16. The average molecular weight is 533 g/mol. The molecule has 0 saturated carbocycles. The molecule has 0 radical (unpaired) electrons. The normalized spacial score (nSPS) is 13.5. The first-order valence-corrected chi connectivity index (χ1v) is 11.7. The lowest BCUT2D eigenvalue weighted by Crippen LogP contribution is -2.29. The summed E-state index contributed by atoms with van der Waals surface area (Å²) in [6.45, 7) is 33.7. The molecule has 0 spiro atoms. The van der Waals surface area contributed by atoms with E-state index < -0.39 is 29.5 Å². The molecule has 0 heterocycles. The van der Waals surface area contributed by atoms with Crippen molar-refractivity contribution in [2.75, 3.05) is 0 Å². The van der Waals surface area contributed by atoms with E-state index in [0.717, 1.165) is 12.2 Å². The van der Waals surface area contributed by atoms with Gasteiger partial charge in [-0.15, -0.1) is 0 Å². The average Bonchev–Trinajstić information content (AvgIpc) is 2.82. The van der Waals surface area contributed by atoms with Gasteiger partial charge in [0, 0.05) is 5.57 Å². The molecule has 1 nitrogen and oxygen atoms in total. The van der Waals surface area contributed by atoms with Crippen molar-refractivity contribution in [1.29, 1.82) is 0 Å². The molecule has 206 valence electrons. The Hall–Kier alpha value is -3.67. The summed E-state index contributed by atoms with van der Waals surface area (Å²) in [5.74, 6) is -4.18. The van der Waals surface area contributed by atoms with Gasteiger partial charge in [0.2, 0.25) is 0 Å². The first kappa shape index (κ1) is 34.3. The molecule has 0 aliphatic rings. The first-order chi connectivity index (χ1) is 17.4. The Bertz CT molecular complexity index is 1120. The van der Waals surface area contributed by atoms with Gasteiger partial charge >= 0.3 is 6.11 Å². The lowest BCUT2D eigenvalue weighted by Gasteiger charge is -2.24. The summed E-state index contributed by atoms with van der Waals surface area (Å²) in [4.78, 5) is 0. The van der Waals surface area contributed by atoms with Crippen LogP contribution in [0, 0.1) is 11.8 Å². The van der Waals surface area contributed by atoms with E-state index in [0.29, 0.717) is 18.8 Å². The van der Waals surface area contributed by atoms with Gasteiger partial charge in [0.25, 0.3) is 0 Å². The third-order valence-corrected chi connectivity index (χ3v) is 5.34. The van der Waals surface area contributed by atoms with Crippen LogP contribution in [0.5, 0.6) is 0 Å². The lowest BCUT2D eigenvalue weighted by molar-refractivity contribution is -0.244. The summed E-state index contributed by atoms with van der Waals surface area (Å²) >= 11 is 0. The highest BCUT2D eigenvalue weighted by Gasteiger charge is 2.38. The van der Waals surface area contributed by atoms with Gasteiger partial charge in [-0.3, -0.25) is 0 Å². The van der Waals surface area contributed by atoms with Crippen molar-refractivity contribution in [3.63, 3.8) is 0 Å². The number of allylic oxidation sites excluding steroid dienone is 15. The van der Waals surface area contributed by atoms with Crippen molar-refractivity contribution in [2.45, 2.75) is 39.7 Å². The highest BCUT2D eigenvalue weighted by Crippen LogP contribution is 2.32. The van der Waals surface area contributed by atoms with E-state index in [1.54, 1.807) is 0 Å². The zero-order chi connectivity index (χ0) is 29.8. The fourth-order valence-corrected chi connectivity index (χ4v) is 2.58. The second kappa shape index (κ2) is 15.6. The molecule has 38 heavy (non-hydrogen) atoms. The Morgan fingerprint density at radius 2 is 1.11 bits per heavy atom. The van der Waals surface area contributed by atoms with Crippen LogP contribution in [0.2, 0.25) is 0 Å². The minimum absolute atomic E-state index is 0.0804. The zero-order valence-electron chi connectivity index (χ0n) is 22.5. The maximum Gasteiger partial charge on any atom is 0.400 e. The van der Waals surface area contributed by atoms with E-state index in [1.165, 1.54) is 31.2 Å². The number of ether oxygens (including phenoxy) is 1. The molecule has 0 bridgehead atoms. The smallest absolute Gasteiger partial charge is 0.400 e. The van der Waals surface area contributed by atoms with Gasteiger partial charge in [-0.1, -0.05) is 98.1 Å². The van der Waals surface area contributed by atoms with Crippen molar-refractivity contribution < 1.29 is 26.7 Å². The van der Waals surface area contributed by atoms with Crippen molar-refractivity contribution >= 4 is 0 Å². The summed E-state index contributed by atoms with van der Waals surface area (Å²) in [5, 5.41) is 0. The molecule has 0 N–H and O–H groups in total. The van der Waals surface area contributed by atoms with Gasteiger partial charge in [-0.05, 0) is 58.4 Å². The van der Waals surface area contributed by atoms with E-state index in [4.69, 9.17) is 4.74 Å². The van der Waals surface area contributed by atoms with Crippen molar-refractivity contribution in [3.8, 4) is 0 Å². The molecule has 0 aliphatic carbocycles. The minimum Gasteiger partial charge on any atom is -0.433 e. The maximum absolute atomic E-state index is 14.7. The molecule has 0 amide bonds. The monoisotopic (exact) mass is 532 g/mol. The maximum atomic E-state index is 14.7. The van der Waals surface area contributed by atoms with E-state index in [9.17, 15) is 22.0 Å². The van der Waals surface area contributed by atoms with Crippen molar-refractivity contribution in [1.82, 2.24) is 0 Å². The number of hydrogen-bond acceptors (Lipinski definition) is 1. The summed E-state index contributed by atoms with van der Waals surface area (Å²) in [6.07, 6.45) is 4.72. The molecular weight excluding hydrogens is 495 g/mol. The van der Waals surface area contributed by atoms with Crippen LogP contribution in [-0.4, -0.2) is 6.11 Å². The third-order valence-electron chi connectivity index (χ3n) is 5.34. The summed E-state index contributed by atoms with van der Waals surface area (Å²) in [7, 11) is 0. The topological polar surface area (TPSA) is 9.23 Å². The van der Waals surface area contributed by atoms with E-state index in [2.05, 4.69) is 52.6 Å². The first-order valence-electron chi connectivity index (χ1n) is 11.7. The number of rotatable bonds is 17. The van der Waals surface area contributed by atoms with Crippen LogP contribution in [-0.2, 0) is 4.74 Å². The summed E-state index contributed by atoms with van der Waals surface area (Å²) < 4.78 is 74.1. The third kappa shape index (κ3) is 12.5. The molecule has 0 aromatic rings. The van der Waals surface area contributed by atoms with Crippen molar-refractivity contribution in [2.24, 2.45) is 11.8 Å². The van der Waals surface area contributed by atoms with E-state index >= 15 is 0 Å². The quantitative estimate of drug-likeness (QED) is 0.103. The fourth-order valence-electron chi connectivity index (χ4n) is 2.58. The van der Waals surface area contributed by atoms with Crippen LogP contribution in [0.15, 0.2) is 146 Å². The van der Waals surface area contributed by atoms with Crippen LogP contribution in [0.1, 0.15) is 33.6 Å². The fraction of sp³-hybridized carbons (Fsp3) is 0.250. The Kier molecular flexibility index (Phi) is 14.0. The molecule has 0 aromatic carbocycles. The predicted octanol–water partition coefficient (Wildman–Crippen LogP) is 10.8. The Morgan fingerprint density at radius 1 is 0.658 bits per heavy atom. The molecular formula is C32H37F5O. The number of alkyl halides is 2. The van der Waals surface area contributed by atoms with E-state index in [1.807, 2.05) is 13.8 Å². The van der Waals surface area contributed by atoms with Crippen LogP contribution < -0.4 is 0 Å². The standard InChI is InChI=1S/C32H37F5O/c1-20(2)12-16-26(8)32(36,37)38-27(9)17-15-22(4)24(6)18-30(34)28(10)23(5)14-13-21(3)25(7)19-31(35)29(11)33/h13-15,17-20,26H,3-7,9-12,16H2,1-2,8H3/b14-13-,17-15-,30-18+,31-19+. The minimum atomic E-state index is -3.39. The molecule has 0 rings (SSSR count). The highest BCUT2D eigenvalue weighted by atomic mass is 19.3. The van der Waals surface area contributed by atoms with Gasteiger partial charge in [0.15, 0.2) is 11.7 Å². The molecule has 0 aliphatic heterocycles. The number of halogens is 5. The lowest BCUT2D eigenvalue weighted by atomic mass is 9.98. The van der Waals surface area contributed by atoms with Crippen LogP contribution in [0.25, 0.3) is 0 Å². The Labute approximate surface area is 224 Å². The molecule has 6 heteroatoms. The number of hydrogen-bond donors (Lipinski definition) is 0. The van der Waals surface area contributed by atoms with Crippen LogP contribution in [0.3, 0.4) is 0 Å².